The number of rotatable bonds is 7. The number of ether oxygens (including phenoxy) is 1. The summed E-state index contributed by atoms with van der Waals surface area (Å²) in [5.74, 6) is 0.0726. The van der Waals surface area contributed by atoms with Crippen molar-refractivity contribution in [3.8, 4) is 0 Å². The van der Waals surface area contributed by atoms with Gasteiger partial charge in [-0.05, 0) is 80.1 Å². The number of likely N-dealkylation sites (N-methyl/N-ethyl adjacent to an activating group) is 1. The molecule has 0 bridgehead atoms. The van der Waals surface area contributed by atoms with Crippen molar-refractivity contribution in [1.29, 1.82) is 0 Å². The van der Waals surface area contributed by atoms with Crippen LogP contribution >= 0.6 is 0 Å². The van der Waals surface area contributed by atoms with Crippen molar-refractivity contribution in [3.05, 3.63) is 64.7 Å². The lowest BCUT2D eigenvalue weighted by Gasteiger charge is -2.30. The van der Waals surface area contributed by atoms with Crippen LogP contribution in [0.25, 0.3) is 0 Å². The molecule has 0 radical (unpaired) electrons. The van der Waals surface area contributed by atoms with E-state index in [4.69, 9.17) is 4.74 Å². The molecule has 2 aromatic rings. The molecule has 1 aliphatic carbocycles. The summed E-state index contributed by atoms with van der Waals surface area (Å²) in [6, 6.07) is 13.6. The smallest absolute Gasteiger partial charge is 0.306 e. The molecule has 1 aliphatic heterocycles. The van der Waals surface area contributed by atoms with Crippen molar-refractivity contribution in [1.82, 2.24) is 9.91 Å². The number of fused-ring (bicyclic) bond motifs is 1. The molecule has 4 rings (SSSR count). The van der Waals surface area contributed by atoms with Gasteiger partial charge in [0.15, 0.2) is 0 Å². The summed E-state index contributed by atoms with van der Waals surface area (Å²) in [7, 11) is 2.13. The molecule has 0 saturated carbocycles. The molecule has 1 heterocycles. The fourth-order valence-electron chi connectivity index (χ4n) is 4.52. The lowest BCUT2D eigenvalue weighted by atomic mass is 9.81. The maximum absolute atomic E-state index is 12.8. The molecule has 0 spiro atoms. The summed E-state index contributed by atoms with van der Waals surface area (Å²) in [6.45, 7) is 6.19. The van der Waals surface area contributed by atoms with Crippen LogP contribution in [-0.2, 0) is 22.4 Å². The van der Waals surface area contributed by atoms with Gasteiger partial charge < -0.3 is 15.0 Å². The van der Waals surface area contributed by atoms with Crippen LogP contribution < -0.4 is 5.32 Å². The van der Waals surface area contributed by atoms with Crippen molar-refractivity contribution < 1.29 is 14.3 Å². The number of amides is 1. The Morgan fingerprint density at radius 1 is 1.09 bits per heavy atom. The number of aryl methyl sites for hydroxylation is 1. The molecular formula is C27H34N4O3. The van der Waals surface area contributed by atoms with Gasteiger partial charge in [-0.3, -0.25) is 14.6 Å². The minimum absolute atomic E-state index is 0.115. The van der Waals surface area contributed by atoms with E-state index in [2.05, 4.69) is 27.4 Å². The van der Waals surface area contributed by atoms with Crippen LogP contribution in [0.3, 0.4) is 0 Å². The number of nitrogens with zero attached hydrogens (tertiary/aromatic N) is 3. The normalized spacial score (nSPS) is 18.5. The van der Waals surface area contributed by atoms with Crippen molar-refractivity contribution >= 4 is 23.8 Å². The third-order valence-corrected chi connectivity index (χ3v) is 6.58. The summed E-state index contributed by atoms with van der Waals surface area (Å²) < 4.78 is 5.09. The van der Waals surface area contributed by atoms with E-state index in [1.165, 1.54) is 11.1 Å². The van der Waals surface area contributed by atoms with Gasteiger partial charge in [-0.15, -0.1) is 0 Å². The van der Waals surface area contributed by atoms with E-state index >= 15 is 0 Å². The van der Waals surface area contributed by atoms with Crippen LogP contribution in [0.2, 0.25) is 0 Å². The number of carbonyl (C=O) groups is 2. The highest BCUT2D eigenvalue weighted by Crippen LogP contribution is 2.29. The number of carbonyl (C=O) groups excluding carboxylic acids is 2. The fraction of sp³-hybridized carbons (Fsp3) is 0.444. The molecule has 1 fully saturated rings. The quantitative estimate of drug-likeness (QED) is 0.503. The predicted molar refractivity (Wildman–Crippen MR) is 134 cm³/mol. The molecule has 7 nitrogen and oxygen atoms in total. The minimum Gasteiger partial charge on any atom is -0.466 e. The van der Waals surface area contributed by atoms with Gasteiger partial charge in [0, 0.05) is 43.9 Å². The molecule has 1 unspecified atom stereocenters. The maximum Gasteiger partial charge on any atom is 0.306 e. The Hall–Kier alpha value is -3.19. The van der Waals surface area contributed by atoms with Crippen LogP contribution in [-0.4, -0.2) is 67.8 Å². The molecule has 180 valence electrons. The number of piperazine rings is 1. The van der Waals surface area contributed by atoms with Gasteiger partial charge in [0.25, 0.3) is 5.91 Å². The monoisotopic (exact) mass is 462 g/mol. The van der Waals surface area contributed by atoms with Gasteiger partial charge in [0.05, 0.1) is 12.8 Å². The second-order valence-corrected chi connectivity index (χ2v) is 9.18. The zero-order valence-corrected chi connectivity index (χ0v) is 20.1. The molecule has 0 aromatic heterocycles. The molecule has 2 aromatic carbocycles. The summed E-state index contributed by atoms with van der Waals surface area (Å²) in [4.78, 5) is 26.9. The number of hydrogen-bond donors (Lipinski definition) is 1. The fourth-order valence-corrected chi connectivity index (χ4v) is 4.52. The average Bonchev–Trinajstić information content (AvgIpc) is 2.84. The van der Waals surface area contributed by atoms with Gasteiger partial charge in [-0.1, -0.05) is 18.2 Å². The molecule has 2 aliphatic rings. The summed E-state index contributed by atoms with van der Waals surface area (Å²) in [5, 5.41) is 9.64. The minimum atomic E-state index is -0.122. The molecule has 1 atom stereocenters. The highest BCUT2D eigenvalue weighted by molar-refractivity contribution is 6.04. The Morgan fingerprint density at radius 3 is 2.59 bits per heavy atom. The number of hydrogen-bond acceptors (Lipinski definition) is 6. The van der Waals surface area contributed by atoms with E-state index in [1.54, 1.807) is 0 Å². The van der Waals surface area contributed by atoms with E-state index < -0.39 is 0 Å². The average molecular weight is 463 g/mol. The van der Waals surface area contributed by atoms with E-state index in [0.29, 0.717) is 24.5 Å². The lowest BCUT2D eigenvalue weighted by Crippen LogP contribution is -2.41. The number of nitrogens with one attached hydrogen (secondary N) is 1. The Labute approximate surface area is 201 Å². The topological polar surface area (TPSA) is 74.2 Å². The van der Waals surface area contributed by atoms with Gasteiger partial charge in [-0.25, -0.2) is 0 Å². The van der Waals surface area contributed by atoms with Crippen molar-refractivity contribution in [3.63, 3.8) is 0 Å². The summed E-state index contributed by atoms with van der Waals surface area (Å²) in [6.07, 6.45) is 5.00. The van der Waals surface area contributed by atoms with Crippen molar-refractivity contribution in [2.75, 3.05) is 45.2 Å². The molecule has 1 N–H and O–H groups in total. The van der Waals surface area contributed by atoms with Crippen LogP contribution in [0.5, 0.6) is 0 Å². The highest BCUT2D eigenvalue weighted by Gasteiger charge is 2.22. The molecule has 1 saturated heterocycles. The largest absolute Gasteiger partial charge is 0.466 e. The van der Waals surface area contributed by atoms with E-state index in [9.17, 15) is 9.59 Å². The Morgan fingerprint density at radius 2 is 1.85 bits per heavy atom. The third-order valence-electron chi connectivity index (χ3n) is 6.58. The van der Waals surface area contributed by atoms with Gasteiger partial charge >= 0.3 is 5.97 Å². The SMILES string of the molecule is CCOC(=O)CC1CCc2cc(C(=O)Nc3ccc(/C=N/N4CCN(C)CC4)cc3)ccc2C1. The predicted octanol–water partition coefficient (Wildman–Crippen LogP) is 3.58. The van der Waals surface area contributed by atoms with E-state index in [-0.39, 0.29) is 11.9 Å². The summed E-state index contributed by atoms with van der Waals surface area (Å²) >= 11 is 0. The van der Waals surface area contributed by atoms with Crippen LogP contribution in [0.4, 0.5) is 5.69 Å². The zero-order valence-electron chi connectivity index (χ0n) is 20.1. The Bertz CT molecular complexity index is 1030. The standard InChI is InChI=1S/C27H34N4O3/c1-3-34-26(32)17-21-4-7-23-18-24(9-8-22(23)16-21)27(33)29-25-10-5-20(6-11-25)19-28-31-14-12-30(2)13-15-31/h5-6,8-11,18-19,21H,3-4,7,12-17H2,1-2H3,(H,29,33)/b28-19+. The van der Waals surface area contributed by atoms with Gasteiger partial charge in [-0.2, -0.15) is 5.10 Å². The van der Waals surface area contributed by atoms with Crippen LogP contribution in [0.1, 0.15) is 46.8 Å². The Balaban J connectivity index is 1.31. The first-order valence-electron chi connectivity index (χ1n) is 12.2. The number of hydrazone groups is 1. The van der Waals surface area contributed by atoms with Crippen LogP contribution in [0.15, 0.2) is 47.6 Å². The second-order valence-electron chi connectivity index (χ2n) is 9.18. The zero-order chi connectivity index (χ0) is 23.9. The molecule has 7 heteroatoms. The number of benzene rings is 2. The highest BCUT2D eigenvalue weighted by atomic mass is 16.5. The van der Waals surface area contributed by atoms with Crippen molar-refractivity contribution in [2.24, 2.45) is 11.0 Å². The number of esters is 1. The second kappa shape index (κ2) is 11.3. The van der Waals surface area contributed by atoms with E-state index in [0.717, 1.165) is 56.7 Å². The lowest BCUT2D eigenvalue weighted by molar-refractivity contribution is -0.144. The first-order valence-corrected chi connectivity index (χ1v) is 12.2. The summed E-state index contributed by atoms with van der Waals surface area (Å²) in [5.41, 5.74) is 4.84. The van der Waals surface area contributed by atoms with Crippen molar-refractivity contribution in [2.45, 2.75) is 32.6 Å². The first-order chi connectivity index (χ1) is 16.5. The van der Waals surface area contributed by atoms with E-state index in [1.807, 2.05) is 55.6 Å². The van der Waals surface area contributed by atoms with Gasteiger partial charge in [0.1, 0.15) is 0 Å². The van der Waals surface area contributed by atoms with Crippen LogP contribution in [0, 0.1) is 5.92 Å². The Kier molecular flexibility index (Phi) is 7.95. The maximum atomic E-state index is 12.8. The molecule has 1 amide bonds. The third kappa shape index (κ3) is 6.44. The van der Waals surface area contributed by atoms with Gasteiger partial charge in [0.2, 0.25) is 0 Å². The molecular weight excluding hydrogens is 428 g/mol. The first kappa shape index (κ1) is 24.0. The molecule has 34 heavy (non-hydrogen) atoms. The number of anilines is 1.